The summed E-state index contributed by atoms with van der Waals surface area (Å²) in [6, 6.07) is 15.8. The number of ether oxygens (including phenoxy) is 4. The SMILES string of the molecule is COC(=O)C1CCC(COc2ccc(CC(NC(=O)c3ccc(F)c(C(F)(F)F)c3)(c3cccc(OC(F)(F)F)c3)c3cccc(OC(F)(F)F)c3)cc2)CC1. The molecule has 0 radical (unpaired) electrons. The second-order valence-corrected chi connectivity index (χ2v) is 13.1. The quantitative estimate of drug-likeness (QED) is 0.114. The number of halogens is 10. The zero-order valence-electron chi connectivity index (χ0n) is 29.3. The molecule has 1 N–H and O–H groups in total. The molecule has 1 aliphatic rings. The molecule has 7 nitrogen and oxygen atoms in total. The molecule has 1 fully saturated rings. The summed E-state index contributed by atoms with van der Waals surface area (Å²) in [5, 5.41) is 2.54. The van der Waals surface area contributed by atoms with Crippen molar-refractivity contribution in [2.45, 2.75) is 56.5 Å². The van der Waals surface area contributed by atoms with Crippen molar-refractivity contribution in [3.63, 3.8) is 0 Å². The number of alkyl halides is 9. The molecule has 1 amide bonds. The number of carbonyl (C=O) groups excluding carboxylic acids is 2. The van der Waals surface area contributed by atoms with Crippen LogP contribution >= 0.6 is 0 Å². The fraction of sp³-hybridized carbons (Fsp3) is 0.333. The molecule has 0 spiro atoms. The van der Waals surface area contributed by atoms with Crippen LogP contribution in [0, 0.1) is 17.7 Å². The van der Waals surface area contributed by atoms with Crippen LogP contribution in [0.1, 0.15) is 58.3 Å². The number of amides is 1. The summed E-state index contributed by atoms with van der Waals surface area (Å²) in [7, 11) is 1.33. The van der Waals surface area contributed by atoms with Gasteiger partial charge in [-0.1, -0.05) is 36.4 Å². The van der Waals surface area contributed by atoms with Crippen molar-refractivity contribution in [1.29, 1.82) is 0 Å². The summed E-state index contributed by atoms with van der Waals surface area (Å²) < 4.78 is 154. The Balaban J connectivity index is 1.56. The van der Waals surface area contributed by atoms with E-state index in [0.29, 0.717) is 49.7 Å². The first-order valence-corrected chi connectivity index (χ1v) is 17.0. The molecule has 1 saturated carbocycles. The Labute approximate surface area is 313 Å². The molecule has 56 heavy (non-hydrogen) atoms. The highest BCUT2D eigenvalue weighted by Gasteiger charge is 2.41. The van der Waals surface area contributed by atoms with E-state index in [-0.39, 0.29) is 35.0 Å². The standard InChI is InChI=1S/C39H33F10NO6/c1-53-35(52)25-12-8-24(9-13-25)22-54-29-15-10-23(11-16-29)21-36(27-4-2-6-30(19-27)55-38(44,45)46,28-5-3-7-31(20-28)56-39(47,48)49)50-34(51)26-14-17-33(40)32(18-26)37(41,42)43/h2-7,10-11,14-20,24-25H,8-9,12-13,21-22H2,1H3,(H,50,51). The molecule has 0 aliphatic heterocycles. The van der Waals surface area contributed by atoms with Crippen LogP contribution in [0.25, 0.3) is 0 Å². The lowest BCUT2D eigenvalue weighted by Gasteiger charge is -2.37. The predicted molar refractivity (Wildman–Crippen MR) is 179 cm³/mol. The molecule has 0 aromatic heterocycles. The molecule has 4 aromatic rings. The minimum absolute atomic E-state index is 0.139. The maximum Gasteiger partial charge on any atom is 0.573 e. The van der Waals surface area contributed by atoms with Crippen molar-refractivity contribution >= 4 is 11.9 Å². The van der Waals surface area contributed by atoms with Gasteiger partial charge in [0.1, 0.15) is 23.1 Å². The van der Waals surface area contributed by atoms with Gasteiger partial charge in [-0.3, -0.25) is 9.59 Å². The molecular weight excluding hydrogens is 768 g/mol. The third-order valence-electron chi connectivity index (χ3n) is 9.24. The summed E-state index contributed by atoms with van der Waals surface area (Å²) in [5.41, 5.74) is -4.73. The normalized spacial score (nSPS) is 16.5. The van der Waals surface area contributed by atoms with E-state index in [2.05, 4.69) is 14.8 Å². The lowest BCUT2D eigenvalue weighted by molar-refractivity contribution is -0.275. The zero-order chi connectivity index (χ0) is 40.9. The van der Waals surface area contributed by atoms with Gasteiger partial charge in [0.05, 0.1) is 30.7 Å². The molecule has 0 saturated heterocycles. The van der Waals surface area contributed by atoms with Crippen molar-refractivity contribution in [3.8, 4) is 17.2 Å². The molecule has 1 aliphatic carbocycles. The minimum atomic E-state index is -5.23. The van der Waals surface area contributed by atoms with Crippen LogP contribution in [-0.4, -0.2) is 38.3 Å². The maximum atomic E-state index is 14.2. The van der Waals surface area contributed by atoms with Crippen LogP contribution in [0.15, 0.2) is 91.0 Å². The van der Waals surface area contributed by atoms with Crippen LogP contribution in [0.5, 0.6) is 17.2 Å². The van der Waals surface area contributed by atoms with Gasteiger partial charge < -0.3 is 24.3 Å². The lowest BCUT2D eigenvalue weighted by Crippen LogP contribution is -2.48. The largest absolute Gasteiger partial charge is 0.573 e. The first kappa shape index (κ1) is 41.7. The van der Waals surface area contributed by atoms with Crippen molar-refractivity contribution in [3.05, 3.63) is 125 Å². The van der Waals surface area contributed by atoms with Gasteiger partial charge >= 0.3 is 24.9 Å². The second-order valence-electron chi connectivity index (χ2n) is 13.1. The van der Waals surface area contributed by atoms with E-state index in [1.165, 1.54) is 31.4 Å². The minimum Gasteiger partial charge on any atom is -0.493 e. The Morgan fingerprint density at radius 1 is 0.696 bits per heavy atom. The zero-order valence-corrected chi connectivity index (χ0v) is 29.3. The Morgan fingerprint density at radius 2 is 1.25 bits per heavy atom. The number of carbonyl (C=O) groups is 2. The van der Waals surface area contributed by atoms with Gasteiger partial charge in [-0.2, -0.15) is 13.2 Å². The van der Waals surface area contributed by atoms with Crippen LogP contribution < -0.4 is 19.5 Å². The highest BCUT2D eigenvalue weighted by Crippen LogP contribution is 2.40. The number of hydrogen-bond donors (Lipinski definition) is 1. The Morgan fingerprint density at radius 3 is 1.75 bits per heavy atom. The Bertz CT molecular complexity index is 1930. The highest BCUT2D eigenvalue weighted by molar-refractivity contribution is 5.95. The molecule has 300 valence electrons. The van der Waals surface area contributed by atoms with Gasteiger partial charge in [0, 0.05) is 12.0 Å². The molecule has 0 atom stereocenters. The van der Waals surface area contributed by atoms with Gasteiger partial charge in [0.15, 0.2) is 0 Å². The van der Waals surface area contributed by atoms with E-state index in [1.54, 1.807) is 12.1 Å². The average Bonchev–Trinajstić information content (AvgIpc) is 3.12. The van der Waals surface area contributed by atoms with Crippen molar-refractivity contribution in [2.75, 3.05) is 13.7 Å². The Hall–Kier alpha value is -5.48. The lowest BCUT2D eigenvalue weighted by atomic mass is 9.77. The smallest absolute Gasteiger partial charge is 0.493 e. The fourth-order valence-electron chi connectivity index (χ4n) is 6.58. The first-order valence-electron chi connectivity index (χ1n) is 17.0. The van der Waals surface area contributed by atoms with Gasteiger partial charge in [0.2, 0.25) is 0 Å². The summed E-state index contributed by atoms with van der Waals surface area (Å²) in [5.74, 6) is -4.48. The third-order valence-corrected chi connectivity index (χ3v) is 9.24. The summed E-state index contributed by atoms with van der Waals surface area (Å²) in [4.78, 5) is 25.8. The number of nitrogens with one attached hydrogen (secondary N) is 1. The van der Waals surface area contributed by atoms with E-state index < -0.39 is 65.2 Å². The van der Waals surface area contributed by atoms with Gasteiger partial charge in [-0.25, -0.2) is 4.39 Å². The van der Waals surface area contributed by atoms with Gasteiger partial charge in [0.25, 0.3) is 5.91 Å². The number of hydrogen-bond acceptors (Lipinski definition) is 6. The highest BCUT2D eigenvalue weighted by atomic mass is 19.4. The predicted octanol–water partition coefficient (Wildman–Crippen LogP) is 9.92. The molecule has 5 rings (SSSR count). The van der Waals surface area contributed by atoms with E-state index in [0.717, 1.165) is 42.5 Å². The number of rotatable bonds is 12. The van der Waals surface area contributed by atoms with Crippen molar-refractivity contribution in [2.24, 2.45) is 11.8 Å². The summed E-state index contributed by atoms with van der Waals surface area (Å²) >= 11 is 0. The summed E-state index contributed by atoms with van der Waals surface area (Å²) in [6.45, 7) is 0.308. The van der Waals surface area contributed by atoms with Crippen LogP contribution in [0.4, 0.5) is 43.9 Å². The van der Waals surface area contributed by atoms with E-state index >= 15 is 0 Å². The van der Waals surface area contributed by atoms with E-state index in [9.17, 15) is 53.5 Å². The van der Waals surface area contributed by atoms with Crippen molar-refractivity contribution in [1.82, 2.24) is 5.32 Å². The second kappa shape index (κ2) is 16.7. The third kappa shape index (κ3) is 10.8. The molecule has 0 bridgehead atoms. The molecular formula is C39H33F10NO6. The maximum absolute atomic E-state index is 14.2. The number of methoxy groups -OCH3 is 1. The first-order chi connectivity index (χ1) is 26.2. The molecule has 17 heteroatoms. The van der Waals surface area contributed by atoms with E-state index in [4.69, 9.17) is 9.47 Å². The van der Waals surface area contributed by atoms with Crippen LogP contribution in [-0.2, 0) is 27.7 Å². The van der Waals surface area contributed by atoms with Crippen LogP contribution in [0.2, 0.25) is 0 Å². The van der Waals surface area contributed by atoms with Crippen molar-refractivity contribution < 1.29 is 72.4 Å². The van der Waals surface area contributed by atoms with Crippen LogP contribution in [0.3, 0.4) is 0 Å². The average molecular weight is 802 g/mol. The van der Waals surface area contributed by atoms with Gasteiger partial charge in [-0.05, 0) is 103 Å². The fourth-order valence-corrected chi connectivity index (χ4v) is 6.58. The summed E-state index contributed by atoms with van der Waals surface area (Å²) in [6.07, 6.45) is -13.3. The molecule has 0 heterocycles. The monoisotopic (exact) mass is 801 g/mol. The number of benzene rings is 4. The molecule has 0 unspecified atom stereocenters. The Kier molecular flexibility index (Phi) is 12.4. The van der Waals surface area contributed by atoms with Gasteiger partial charge in [-0.15, -0.1) is 26.3 Å². The molecule has 4 aromatic carbocycles. The topological polar surface area (TPSA) is 83.1 Å². The van der Waals surface area contributed by atoms with E-state index in [1.807, 2.05) is 0 Å². The number of esters is 1.